The van der Waals surface area contributed by atoms with Gasteiger partial charge < -0.3 is 4.74 Å². The number of ether oxygens (including phenoxy) is 1. The molecule has 0 atom stereocenters. The number of piperidine rings is 1. The maximum atomic E-state index is 12.9. The topological polar surface area (TPSA) is 66.5 Å². The van der Waals surface area contributed by atoms with Crippen LogP contribution in [-0.4, -0.2) is 34.0 Å². The Hall–Kier alpha value is -2.50. The van der Waals surface area contributed by atoms with Gasteiger partial charge in [0.2, 0.25) is 0 Å². The van der Waals surface area contributed by atoms with E-state index in [-0.39, 0.29) is 17.5 Å². The summed E-state index contributed by atoms with van der Waals surface area (Å²) in [6, 6.07) is 15.5. The molecule has 0 amide bonds. The number of hydrogen-bond acceptors (Lipinski definition) is 4. The smallest absolute Gasteiger partial charge is 0.339 e. The third-order valence-corrected chi connectivity index (χ3v) is 5.26. The van der Waals surface area contributed by atoms with Crippen LogP contribution < -0.4 is 0 Å². The Labute approximate surface area is 165 Å². The zero-order chi connectivity index (χ0) is 20.5. The largest absolute Gasteiger partial charge is 0.459 e. The van der Waals surface area contributed by atoms with Crippen molar-refractivity contribution in [2.45, 2.75) is 57.7 Å². The first-order valence-corrected chi connectivity index (χ1v) is 9.49. The van der Waals surface area contributed by atoms with Gasteiger partial charge in [0, 0.05) is 35.0 Å². The highest BCUT2D eigenvalue weighted by Gasteiger charge is 2.47. The predicted molar refractivity (Wildman–Crippen MR) is 105 cm³/mol. The van der Waals surface area contributed by atoms with E-state index in [9.17, 15) is 14.8 Å². The van der Waals surface area contributed by atoms with Crippen LogP contribution in [0.2, 0.25) is 0 Å². The van der Waals surface area contributed by atoms with Gasteiger partial charge in [-0.3, -0.25) is 4.79 Å². The number of rotatable bonds is 4. The first-order chi connectivity index (χ1) is 13.1. The van der Waals surface area contributed by atoms with Gasteiger partial charge in [0.15, 0.2) is 5.78 Å². The summed E-state index contributed by atoms with van der Waals surface area (Å²) in [5.41, 5.74) is -0.183. The molecule has 2 aromatic carbocycles. The first kappa shape index (κ1) is 20.2. The van der Waals surface area contributed by atoms with Crippen molar-refractivity contribution < 1.29 is 19.5 Å². The Kier molecular flexibility index (Phi) is 5.41. The molecule has 0 aromatic heterocycles. The zero-order valence-corrected chi connectivity index (χ0v) is 16.8. The van der Waals surface area contributed by atoms with Crippen LogP contribution in [-0.2, 0) is 9.94 Å². The van der Waals surface area contributed by atoms with E-state index >= 15 is 0 Å². The van der Waals surface area contributed by atoms with Crippen LogP contribution in [0.5, 0.6) is 0 Å². The zero-order valence-electron chi connectivity index (χ0n) is 16.8. The van der Waals surface area contributed by atoms with E-state index in [4.69, 9.17) is 4.74 Å². The average molecular weight is 380 g/mol. The number of ketones is 1. The van der Waals surface area contributed by atoms with E-state index in [2.05, 4.69) is 0 Å². The monoisotopic (exact) mass is 380 g/mol. The molecule has 1 saturated heterocycles. The minimum absolute atomic E-state index is 0.219. The highest BCUT2D eigenvalue weighted by Crippen LogP contribution is 2.38. The first-order valence-electron chi connectivity index (χ1n) is 9.49. The lowest BCUT2D eigenvalue weighted by Crippen LogP contribution is -2.60. The lowest BCUT2D eigenvalue weighted by Gasteiger charge is -2.49. The third-order valence-electron chi connectivity index (χ3n) is 5.26. The molecule has 0 N–H and O–H groups in total. The van der Waals surface area contributed by atoms with Crippen molar-refractivity contribution in [3.05, 3.63) is 71.3 Å². The highest BCUT2D eigenvalue weighted by molar-refractivity contribution is 6.14. The van der Waals surface area contributed by atoms with Gasteiger partial charge >= 0.3 is 5.97 Å². The van der Waals surface area contributed by atoms with Crippen LogP contribution in [0.1, 0.15) is 66.8 Å². The lowest BCUT2D eigenvalue weighted by molar-refractivity contribution is -0.298. The summed E-state index contributed by atoms with van der Waals surface area (Å²) in [5.74, 6) is -0.751. The Bertz CT molecular complexity index is 855. The van der Waals surface area contributed by atoms with Gasteiger partial charge in [-0.1, -0.05) is 48.5 Å². The van der Waals surface area contributed by atoms with Gasteiger partial charge in [-0.15, -0.1) is 10.3 Å². The summed E-state index contributed by atoms with van der Waals surface area (Å²) in [5, 5.41) is 13.6. The predicted octanol–water partition coefficient (Wildman–Crippen LogP) is 4.44. The second-order valence-electron chi connectivity index (χ2n) is 8.60. The number of carbonyl (C=O) groups excluding carboxylic acids is 2. The van der Waals surface area contributed by atoms with Crippen molar-refractivity contribution in [3.8, 4) is 0 Å². The van der Waals surface area contributed by atoms with Crippen molar-refractivity contribution in [3.63, 3.8) is 0 Å². The fourth-order valence-electron chi connectivity index (χ4n) is 4.07. The maximum absolute atomic E-state index is 12.9. The minimum atomic E-state index is -0.633. The van der Waals surface area contributed by atoms with Crippen LogP contribution in [0.3, 0.4) is 0 Å². The molecule has 0 aliphatic carbocycles. The summed E-state index contributed by atoms with van der Waals surface area (Å²) >= 11 is 0. The number of nitrogens with zero attached hydrogens (tertiary/aromatic N) is 1. The molecule has 1 heterocycles. The molecule has 0 unspecified atom stereocenters. The molecule has 1 aliphatic rings. The average Bonchev–Trinajstić information content (AvgIpc) is 2.65. The van der Waals surface area contributed by atoms with E-state index in [1.807, 2.05) is 33.8 Å². The normalized spacial score (nSPS) is 19.2. The van der Waals surface area contributed by atoms with Crippen molar-refractivity contribution in [2.75, 3.05) is 0 Å². The fourth-order valence-corrected chi connectivity index (χ4v) is 4.07. The molecule has 28 heavy (non-hydrogen) atoms. The molecule has 1 fully saturated rings. The molecule has 2 aromatic rings. The van der Waals surface area contributed by atoms with Crippen molar-refractivity contribution in [2.24, 2.45) is 0 Å². The standard InChI is InChI=1S/C23H26NO4/c1-22(2)14-17(15-23(3,4)24(22)27)28-21(26)19-13-9-8-12-18(19)20(25)16-10-6-5-7-11-16/h5-13,17H,14-15H2,1-4H3. The van der Waals surface area contributed by atoms with Gasteiger partial charge in [-0.2, -0.15) is 0 Å². The van der Waals surface area contributed by atoms with Crippen molar-refractivity contribution in [1.29, 1.82) is 0 Å². The molecule has 3 rings (SSSR count). The quantitative estimate of drug-likeness (QED) is 0.581. The second-order valence-corrected chi connectivity index (χ2v) is 8.60. The molecular formula is C23H26NO4. The van der Waals surface area contributed by atoms with E-state index in [1.54, 1.807) is 48.5 Å². The molecule has 0 saturated carbocycles. The molecule has 5 nitrogen and oxygen atoms in total. The van der Waals surface area contributed by atoms with Gasteiger partial charge in [0.25, 0.3) is 0 Å². The number of benzene rings is 2. The van der Waals surface area contributed by atoms with Crippen molar-refractivity contribution >= 4 is 11.8 Å². The summed E-state index contributed by atoms with van der Waals surface area (Å²) < 4.78 is 5.77. The SMILES string of the molecule is CC1(C)CC(OC(=O)c2ccccc2C(=O)c2ccccc2)CC(C)(C)N1[O]. The third kappa shape index (κ3) is 4.01. The summed E-state index contributed by atoms with van der Waals surface area (Å²) in [7, 11) is 0. The fraction of sp³-hybridized carbons (Fsp3) is 0.391. The van der Waals surface area contributed by atoms with E-state index in [1.165, 1.54) is 0 Å². The summed E-state index contributed by atoms with van der Waals surface area (Å²) in [6.45, 7) is 7.42. The lowest BCUT2D eigenvalue weighted by atomic mass is 9.80. The second kappa shape index (κ2) is 7.49. The molecular weight excluding hydrogens is 354 g/mol. The molecule has 1 radical (unpaired) electrons. The van der Waals surface area contributed by atoms with Gasteiger partial charge in [0.1, 0.15) is 6.10 Å². The van der Waals surface area contributed by atoms with E-state index < -0.39 is 17.0 Å². The number of esters is 1. The van der Waals surface area contributed by atoms with Gasteiger partial charge in [0.05, 0.1) is 5.56 Å². The molecule has 5 heteroatoms. The Morgan fingerprint density at radius 3 is 1.93 bits per heavy atom. The number of hydrogen-bond donors (Lipinski definition) is 0. The Morgan fingerprint density at radius 2 is 1.36 bits per heavy atom. The van der Waals surface area contributed by atoms with Crippen LogP contribution in [0.4, 0.5) is 0 Å². The molecule has 0 spiro atoms. The molecule has 147 valence electrons. The van der Waals surface area contributed by atoms with Crippen LogP contribution >= 0.6 is 0 Å². The Morgan fingerprint density at radius 1 is 0.857 bits per heavy atom. The maximum Gasteiger partial charge on any atom is 0.339 e. The highest BCUT2D eigenvalue weighted by atomic mass is 16.5. The minimum Gasteiger partial charge on any atom is -0.459 e. The van der Waals surface area contributed by atoms with Crippen LogP contribution in [0.15, 0.2) is 54.6 Å². The summed E-state index contributed by atoms with van der Waals surface area (Å²) in [4.78, 5) is 25.8. The van der Waals surface area contributed by atoms with Crippen molar-refractivity contribution in [1.82, 2.24) is 5.06 Å². The molecule has 1 aliphatic heterocycles. The number of carbonyl (C=O) groups is 2. The molecule has 0 bridgehead atoms. The number of hydroxylamine groups is 2. The van der Waals surface area contributed by atoms with Gasteiger partial charge in [-0.25, -0.2) is 4.79 Å². The Balaban J connectivity index is 1.83. The summed E-state index contributed by atoms with van der Waals surface area (Å²) in [6.07, 6.45) is 0.503. The van der Waals surface area contributed by atoms with E-state index in [0.29, 0.717) is 24.0 Å². The van der Waals surface area contributed by atoms with E-state index in [0.717, 1.165) is 5.06 Å². The van der Waals surface area contributed by atoms with Crippen LogP contribution in [0.25, 0.3) is 0 Å². The van der Waals surface area contributed by atoms with Crippen LogP contribution in [0, 0.1) is 0 Å². The van der Waals surface area contributed by atoms with Gasteiger partial charge in [-0.05, 0) is 33.8 Å².